The van der Waals surface area contributed by atoms with E-state index in [1.54, 1.807) is 6.07 Å². The molecule has 2 heteroatoms. The van der Waals surface area contributed by atoms with Gasteiger partial charge >= 0.3 is 0 Å². The minimum atomic E-state index is -0.0202. The molecule has 0 bridgehead atoms. The van der Waals surface area contributed by atoms with Crippen LogP contribution in [0.25, 0.3) is 0 Å². The van der Waals surface area contributed by atoms with E-state index in [2.05, 4.69) is 26.0 Å². The van der Waals surface area contributed by atoms with Gasteiger partial charge in [0.15, 0.2) is 0 Å². The molecule has 2 atom stereocenters. The average Bonchev–Trinajstić information content (AvgIpc) is 2.46. The predicted molar refractivity (Wildman–Crippen MR) is 84.5 cm³/mol. The van der Waals surface area contributed by atoms with Crippen molar-refractivity contribution < 1.29 is 9.90 Å². The summed E-state index contributed by atoms with van der Waals surface area (Å²) < 4.78 is 0. The maximum Gasteiger partial charge on any atom is 0.140 e. The lowest BCUT2D eigenvalue weighted by atomic mass is 9.59. The fraction of sp³-hybridized carbons (Fsp3) is 0.526. The summed E-state index contributed by atoms with van der Waals surface area (Å²) >= 11 is 0. The molecular formula is C19H24O2. The number of carbonyl (C=O) groups is 1. The van der Waals surface area contributed by atoms with Gasteiger partial charge < -0.3 is 5.11 Å². The number of allylic oxidation sites excluding steroid dienone is 2. The van der Waals surface area contributed by atoms with Gasteiger partial charge in [0, 0.05) is 17.8 Å². The summed E-state index contributed by atoms with van der Waals surface area (Å²) in [6.45, 7) is 4.46. The van der Waals surface area contributed by atoms with Crippen LogP contribution < -0.4 is 0 Å². The number of phenols is 1. The molecule has 1 saturated carbocycles. The molecule has 0 aliphatic heterocycles. The van der Waals surface area contributed by atoms with Crippen molar-refractivity contribution in [2.24, 2.45) is 5.92 Å². The molecule has 2 aliphatic rings. The topological polar surface area (TPSA) is 37.3 Å². The number of phenolic OH excluding ortho intramolecular Hbond substituents is 1. The summed E-state index contributed by atoms with van der Waals surface area (Å²) in [4.78, 5) is 12.4. The highest BCUT2D eigenvalue weighted by molar-refractivity contribution is 5.86. The number of fused-ring (bicyclic) bond motifs is 3. The maximum atomic E-state index is 12.4. The van der Waals surface area contributed by atoms with E-state index in [4.69, 9.17) is 0 Å². The number of ketones is 1. The number of rotatable bonds is 3. The molecule has 21 heavy (non-hydrogen) atoms. The van der Waals surface area contributed by atoms with Crippen LogP contribution in [0.1, 0.15) is 57.1 Å². The number of hydrogen-bond acceptors (Lipinski definition) is 2. The fourth-order valence-electron chi connectivity index (χ4n) is 4.14. The Morgan fingerprint density at radius 1 is 1.38 bits per heavy atom. The quantitative estimate of drug-likeness (QED) is 0.840. The average molecular weight is 284 g/mol. The molecule has 2 unspecified atom stereocenters. The predicted octanol–water partition coefficient (Wildman–Crippen LogP) is 4.30. The van der Waals surface area contributed by atoms with Crippen LogP contribution in [0.4, 0.5) is 0 Å². The van der Waals surface area contributed by atoms with Crippen molar-refractivity contribution in [3.05, 3.63) is 41.0 Å². The van der Waals surface area contributed by atoms with E-state index < -0.39 is 0 Å². The Kier molecular flexibility index (Phi) is 3.64. The molecule has 3 rings (SSSR count). The van der Waals surface area contributed by atoms with Gasteiger partial charge in [0.25, 0.3) is 0 Å². The molecule has 112 valence electrons. The molecular weight excluding hydrogens is 260 g/mol. The minimum absolute atomic E-state index is 0.0202. The first-order valence-electron chi connectivity index (χ1n) is 8.12. The maximum absolute atomic E-state index is 12.4. The van der Waals surface area contributed by atoms with E-state index in [0.717, 1.165) is 32.1 Å². The smallest absolute Gasteiger partial charge is 0.140 e. The second kappa shape index (κ2) is 5.32. The van der Waals surface area contributed by atoms with Crippen molar-refractivity contribution in [3.63, 3.8) is 0 Å². The normalized spacial score (nSPS) is 27.8. The summed E-state index contributed by atoms with van der Waals surface area (Å²) in [6, 6.07) is 5.72. The van der Waals surface area contributed by atoms with E-state index in [9.17, 15) is 9.90 Å². The van der Waals surface area contributed by atoms with Gasteiger partial charge in [-0.05, 0) is 42.5 Å². The number of aromatic hydroxyl groups is 1. The minimum Gasteiger partial charge on any atom is -0.508 e. The van der Waals surface area contributed by atoms with Crippen LogP contribution in [0.5, 0.6) is 5.75 Å². The first-order chi connectivity index (χ1) is 10.1. The summed E-state index contributed by atoms with van der Waals surface area (Å²) in [5, 5.41) is 9.70. The van der Waals surface area contributed by atoms with Crippen LogP contribution in [0, 0.1) is 5.92 Å². The Labute approximate surface area is 126 Å². The van der Waals surface area contributed by atoms with Gasteiger partial charge in [0.1, 0.15) is 11.5 Å². The standard InChI is InChI=1S/C19H24O2/c1-3-4-5-15-17-8-6-13-12-14(20)7-9-16(13)19(17,2)11-10-18(15)21/h7-9,12,15,20H,3-6,10-11H2,1-2H3. The molecule has 0 aromatic heterocycles. The molecule has 0 spiro atoms. The third kappa shape index (κ3) is 2.31. The van der Waals surface area contributed by atoms with E-state index in [1.807, 2.05) is 6.07 Å². The second-order valence-electron chi connectivity index (χ2n) is 6.70. The van der Waals surface area contributed by atoms with Crippen molar-refractivity contribution in [1.29, 1.82) is 0 Å². The SMILES string of the molecule is CCCCC1C(=O)CCC2(C)C1=CCc1cc(O)ccc12. The van der Waals surface area contributed by atoms with E-state index in [0.29, 0.717) is 18.0 Å². The first kappa shape index (κ1) is 14.4. The van der Waals surface area contributed by atoms with E-state index in [-0.39, 0.29) is 11.3 Å². The zero-order chi connectivity index (χ0) is 15.0. The third-order valence-electron chi connectivity index (χ3n) is 5.34. The summed E-state index contributed by atoms with van der Waals surface area (Å²) in [5.74, 6) is 0.878. The summed E-state index contributed by atoms with van der Waals surface area (Å²) in [6.07, 6.45) is 7.93. The monoisotopic (exact) mass is 284 g/mol. The van der Waals surface area contributed by atoms with Gasteiger partial charge in [-0.3, -0.25) is 4.79 Å². The Balaban J connectivity index is 2.01. The van der Waals surface area contributed by atoms with Crippen LogP contribution in [-0.2, 0) is 16.6 Å². The van der Waals surface area contributed by atoms with Crippen LogP contribution >= 0.6 is 0 Å². The van der Waals surface area contributed by atoms with Crippen molar-refractivity contribution >= 4 is 5.78 Å². The molecule has 0 radical (unpaired) electrons. The highest BCUT2D eigenvalue weighted by Gasteiger charge is 2.44. The van der Waals surface area contributed by atoms with Crippen molar-refractivity contribution in [3.8, 4) is 5.75 Å². The summed E-state index contributed by atoms with van der Waals surface area (Å²) in [5.41, 5.74) is 3.84. The molecule has 1 aromatic carbocycles. The highest BCUT2D eigenvalue weighted by atomic mass is 16.3. The zero-order valence-corrected chi connectivity index (χ0v) is 13.0. The number of benzene rings is 1. The zero-order valence-electron chi connectivity index (χ0n) is 13.0. The molecule has 2 nitrogen and oxygen atoms in total. The Bertz CT molecular complexity index is 600. The molecule has 1 N–H and O–H groups in total. The van der Waals surface area contributed by atoms with E-state index >= 15 is 0 Å². The van der Waals surface area contributed by atoms with Gasteiger partial charge in [0.05, 0.1) is 0 Å². The number of Topliss-reactive ketones (excluding diaryl/α,β-unsaturated/α-hetero) is 1. The molecule has 0 saturated heterocycles. The Hall–Kier alpha value is -1.57. The lowest BCUT2D eigenvalue weighted by Gasteiger charge is -2.44. The van der Waals surface area contributed by atoms with Gasteiger partial charge in [-0.25, -0.2) is 0 Å². The lowest BCUT2D eigenvalue weighted by molar-refractivity contribution is -0.123. The highest BCUT2D eigenvalue weighted by Crippen LogP contribution is 2.50. The van der Waals surface area contributed by atoms with Crippen molar-refractivity contribution in [2.45, 2.75) is 57.8 Å². The summed E-state index contributed by atoms with van der Waals surface area (Å²) in [7, 11) is 0. The van der Waals surface area contributed by atoms with Gasteiger partial charge in [-0.1, -0.05) is 44.4 Å². The molecule has 2 aliphatic carbocycles. The van der Waals surface area contributed by atoms with Crippen LogP contribution in [0.15, 0.2) is 29.8 Å². The molecule has 1 aromatic rings. The Morgan fingerprint density at radius 3 is 2.95 bits per heavy atom. The van der Waals surface area contributed by atoms with Crippen molar-refractivity contribution in [1.82, 2.24) is 0 Å². The fourth-order valence-corrected chi connectivity index (χ4v) is 4.14. The number of carbonyl (C=O) groups excluding carboxylic acids is 1. The number of hydrogen-bond donors (Lipinski definition) is 1. The number of unbranched alkanes of at least 4 members (excludes halogenated alkanes) is 1. The second-order valence-corrected chi connectivity index (χ2v) is 6.70. The lowest BCUT2D eigenvalue weighted by Crippen LogP contribution is -2.40. The molecule has 0 amide bonds. The largest absolute Gasteiger partial charge is 0.508 e. The van der Waals surface area contributed by atoms with Crippen LogP contribution in [0.3, 0.4) is 0 Å². The van der Waals surface area contributed by atoms with E-state index in [1.165, 1.54) is 16.7 Å². The molecule has 1 fully saturated rings. The van der Waals surface area contributed by atoms with Gasteiger partial charge in [-0.2, -0.15) is 0 Å². The van der Waals surface area contributed by atoms with Crippen LogP contribution in [0.2, 0.25) is 0 Å². The van der Waals surface area contributed by atoms with Crippen molar-refractivity contribution in [2.75, 3.05) is 0 Å². The van der Waals surface area contributed by atoms with Crippen LogP contribution in [-0.4, -0.2) is 10.9 Å². The Morgan fingerprint density at radius 2 is 2.19 bits per heavy atom. The molecule has 0 heterocycles. The van der Waals surface area contributed by atoms with Gasteiger partial charge in [0.2, 0.25) is 0 Å². The first-order valence-corrected chi connectivity index (χ1v) is 8.12. The third-order valence-corrected chi connectivity index (χ3v) is 5.34. The van der Waals surface area contributed by atoms with Gasteiger partial charge in [-0.15, -0.1) is 0 Å².